The summed E-state index contributed by atoms with van der Waals surface area (Å²) >= 11 is 1.35. The Labute approximate surface area is 401 Å². The molecule has 9 heterocycles. The molecule has 9 rings (SSSR count). The second-order valence-corrected chi connectivity index (χ2v) is 17.2. The summed E-state index contributed by atoms with van der Waals surface area (Å²) < 4.78 is 20.8. The number of anilines is 2. The predicted molar refractivity (Wildman–Crippen MR) is 236 cm³/mol. The molecule has 12 atom stereocenters. The van der Waals surface area contributed by atoms with Crippen molar-refractivity contribution in [3.05, 3.63) is 75.5 Å². The van der Waals surface area contributed by atoms with E-state index in [1.807, 2.05) is 24.5 Å². The van der Waals surface area contributed by atoms with E-state index >= 15 is 0 Å². The van der Waals surface area contributed by atoms with Crippen LogP contribution in [-0.2, 0) is 31.0 Å². The van der Waals surface area contributed by atoms with Crippen molar-refractivity contribution in [1.82, 2.24) is 58.7 Å². The highest BCUT2D eigenvalue weighted by atomic mass is 32.2. The van der Waals surface area contributed by atoms with Gasteiger partial charge in [-0.25, -0.2) is 43.5 Å². The van der Waals surface area contributed by atoms with Gasteiger partial charge in [0.25, 0.3) is 0 Å². The summed E-state index contributed by atoms with van der Waals surface area (Å²) in [5, 5.41) is 109. The number of hydrogen-bond donors (Lipinski definition) is 9. The van der Waals surface area contributed by atoms with Crippen LogP contribution in [0.3, 0.4) is 0 Å². The van der Waals surface area contributed by atoms with E-state index in [4.69, 9.17) is 42.5 Å². The standard InChI is InChI=1S/C13H14N8O3S.C12H13N9O3.C12H15N7O3/c1-12(19-20-15)9(23)7(4-22)24-13(12,5-14)8-3-16-10-11(25-2)17-6-18-21(8)10;1-11(19-20-15)8(23)6(3-22)24-12(11,4-13)7-2-16-10-9(14)17-5-18-21(7)10;1-11(15)8(21)6(3-20)22-12(11,4-13)7-2-16-10-9(14)17-5-18-19(7)10/h3,6-7,9,22-23H,4H2,1-2H3;2,5-6,8,22-23H,3H2,1H3,(H2,14,17,18);2,5-6,8,20-21H,3,15H2,1H3,(H2,14,17,18)/t7-,9-,12-,13+;2*6-,8-,11-,12+/m111/s1. The number of fused-ring (bicyclic) bond motifs is 3. The molecular formula is C37H42N24O9S. The van der Waals surface area contributed by atoms with Crippen molar-refractivity contribution in [2.75, 3.05) is 37.5 Å². The van der Waals surface area contributed by atoms with E-state index in [1.165, 1.54) is 83.7 Å². The molecule has 0 spiro atoms. The minimum Gasteiger partial charge on any atom is -0.394 e. The molecule has 0 unspecified atom stereocenters. The Kier molecular flexibility index (Phi) is 13.6. The Morgan fingerprint density at radius 2 is 0.986 bits per heavy atom. The number of aromatic nitrogens is 12. The topological polar surface area (TPSA) is 525 Å². The van der Waals surface area contributed by atoms with Gasteiger partial charge < -0.3 is 62.1 Å². The number of thioether (sulfide) groups is 1. The van der Waals surface area contributed by atoms with Crippen LogP contribution in [0.25, 0.3) is 37.8 Å². The van der Waals surface area contributed by atoms with Crippen LogP contribution in [-0.4, -0.2) is 169 Å². The first-order valence-electron chi connectivity index (χ1n) is 20.5. The molecule has 0 saturated carbocycles. The highest BCUT2D eigenvalue weighted by molar-refractivity contribution is 7.98. The average molecular weight is 999 g/mol. The van der Waals surface area contributed by atoms with Crippen molar-refractivity contribution in [2.24, 2.45) is 16.0 Å². The van der Waals surface area contributed by atoms with Crippen molar-refractivity contribution in [2.45, 2.75) is 95.8 Å². The molecule has 0 amide bonds. The molecule has 3 fully saturated rings. The molecule has 34 heteroatoms. The lowest BCUT2D eigenvalue weighted by molar-refractivity contribution is -0.0561. The van der Waals surface area contributed by atoms with Crippen molar-refractivity contribution in [1.29, 1.82) is 15.8 Å². The van der Waals surface area contributed by atoms with Gasteiger partial charge in [-0.2, -0.15) is 31.1 Å². The summed E-state index contributed by atoms with van der Waals surface area (Å²) in [6.45, 7) is 2.62. The molecule has 33 nitrogen and oxygen atoms in total. The zero-order chi connectivity index (χ0) is 51.9. The summed E-state index contributed by atoms with van der Waals surface area (Å²) in [5.41, 5.74) is 26.3. The average Bonchev–Trinajstić information content (AvgIpc) is 4.22. The molecule has 3 aliphatic heterocycles. The molecule has 370 valence electrons. The van der Waals surface area contributed by atoms with Gasteiger partial charge in [0.2, 0.25) is 16.8 Å². The molecule has 3 aliphatic rings. The fraction of sp³-hybridized carbons (Fsp3) is 0.514. The largest absolute Gasteiger partial charge is 0.394 e. The van der Waals surface area contributed by atoms with Gasteiger partial charge in [0.15, 0.2) is 28.6 Å². The second-order valence-electron chi connectivity index (χ2n) is 16.4. The van der Waals surface area contributed by atoms with Crippen molar-refractivity contribution >= 4 is 40.3 Å². The predicted octanol–water partition coefficient (Wildman–Crippen LogP) is -2.47. The quantitative estimate of drug-likeness (QED) is 0.0313. The first-order chi connectivity index (χ1) is 33.8. The van der Waals surface area contributed by atoms with Gasteiger partial charge >= 0.3 is 0 Å². The zero-order valence-corrected chi connectivity index (χ0v) is 38.3. The van der Waals surface area contributed by atoms with E-state index in [0.717, 1.165) is 0 Å². The summed E-state index contributed by atoms with van der Waals surface area (Å²) in [5.74, 6) is 0.206. The van der Waals surface area contributed by atoms with Crippen LogP contribution in [0, 0.1) is 34.0 Å². The van der Waals surface area contributed by atoms with E-state index < -0.39 is 89.9 Å². The van der Waals surface area contributed by atoms with Gasteiger partial charge in [-0.15, -0.1) is 11.8 Å². The molecule has 0 aliphatic carbocycles. The summed E-state index contributed by atoms with van der Waals surface area (Å²) in [6.07, 6.45) is 2.16. The number of nitrogens with zero attached hydrogens (tertiary/aromatic N) is 21. The maximum absolute atomic E-state index is 10.5. The second kappa shape index (κ2) is 18.9. The van der Waals surface area contributed by atoms with Crippen molar-refractivity contribution in [3.8, 4) is 18.2 Å². The lowest BCUT2D eigenvalue weighted by atomic mass is 9.78. The van der Waals surface area contributed by atoms with Crippen LogP contribution in [0.4, 0.5) is 11.6 Å². The Morgan fingerprint density at radius 3 is 1.35 bits per heavy atom. The van der Waals surface area contributed by atoms with E-state index in [2.05, 4.69) is 65.3 Å². The first-order valence-corrected chi connectivity index (χ1v) is 21.7. The number of aliphatic hydroxyl groups is 6. The molecule has 71 heavy (non-hydrogen) atoms. The molecule has 0 radical (unpaired) electrons. The Hall–Kier alpha value is -7.71. The van der Waals surface area contributed by atoms with Crippen molar-refractivity contribution < 1.29 is 44.8 Å². The van der Waals surface area contributed by atoms with Gasteiger partial charge in [-0.1, -0.05) is 10.2 Å². The molecule has 3 saturated heterocycles. The third-order valence-electron chi connectivity index (χ3n) is 12.7. The summed E-state index contributed by atoms with van der Waals surface area (Å²) in [4.78, 5) is 29.6. The number of nitrogens with two attached hydrogens (primary N) is 3. The monoisotopic (exact) mass is 998 g/mol. The molecule has 0 bridgehead atoms. The number of hydrogen-bond acceptors (Lipinski definition) is 27. The van der Waals surface area contributed by atoms with E-state index in [-0.39, 0.29) is 40.0 Å². The SMILES string of the molecule is CSc1ncnn2c([C@]3(C#N)O[C@H](CO)[C@@H](O)[C@@]3(C)N=[N+]=[N-])cnc12.C[C@@]1(N)[C@H](O)[C@@H](CO)O[C@@]1(C#N)c1cnc2c(N)ncnn12.C[C@@]1(N=[N+]=[N-])[C@H](O)[C@@H](CO)O[C@@]1(C#N)c1cnc2c(N)ncnn12. The van der Waals surface area contributed by atoms with E-state index in [9.17, 15) is 46.4 Å². The van der Waals surface area contributed by atoms with Crippen LogP contribution < -0.4 is 17.2 Å². The van der Waals surface area contributed by atoms with Gasteiger partial charge in [-0.3, -0.25) is 0 Å². The molecule has 6 aromatic heterocycles. The Bertz CT molecular complexity index is 3230. The number of azide groups is 2. The Balaban J connectivity index is 0.000000157. The molecular weight excluding hydrogens is 957 g/mol. The minimum atomic E-state index is -1.94. The van der Waals surface area contributed by atoms with Crippen LogP contribution in [0.5, 0.6) is 0 Å². The summed E-state index contributed by atoms with van der Waals surface area (Å²) in [6, 6.07) is 5.93. The van der Waals surface area contributed by atoms with Crippen LogP contribution in [0.1, 0.15) is 37.9 Å². The van der Waals surface area contributed by atoms with Gasteiger partial charge in [0, 0.05) is 9.82 Å². The molecule has 6 aromatic rings. The maximum atomic E-state index is 10.5. The highest BCUT2D eigenvalue weighted by Gasteiger charge is 2.68. The number of aliphatic hydroxyl groups excluding tert-OH is 6. The van der Waals surface area contributed by atoms with Gasteiger partial charge in [0.05, 0.1) is 56.2 Å². The normalized spacial score (nSPS) is 32.9. The van der Waals surface area contributed by atoms with Crippen LogP contribution in [0.2, 0.25) is 0 Å². The first kappa shape index (κ1) is 51.1. The molecule has 0 aromatic carbocycles. The van der Waals surface area contributed by atoms with Gasteiger partial charge in [0.1, 0.15) is 94.8 Å². The lowest BCUT2D eigenvalue weighted by Crippen LogP contribution is -2.59. The fourth-order valence-corrected chi connectivity index (χ4v) is 9.21. The highest BCUT2D eigenvalue weighted by Crippen LogP contribution is 2.51. The van der Waals surface area contributed by atoms with Gasteiger partial charge in [-0.05, 0) is 38.1 Å². The number of ether oxygens (including phenoxy) is 3. The Morgan fingerprint density at radius 1 is 0.634 bits per heavy atom. The number of imidazole rings is 3. The van der Waals surface area contributed by atoms with E-state index in [1.54, 1.807) is 0 Å². The maximum Gasteiger partial charge on any atom is 0.218 e. The fourth-order valence-electron chi connectivity index (χ4n) is 8.73. The lowest BCUT2D eigenvalue weighted by Gasteiger charge is -2.33. The third kappa shape index (κ3) is 7.29. The van der Waals surface area contributed by atoms with E-state index in [0.29, 0.717) is 10.7 Å². The number of rotatable bonds is 9. The van der Waals surface area contributed by atoms with Crippen molar-refractivity contribution in [3.63, 3.8) is 0 Å². The number of nitrogen functional groups attached to an aromatic ring is 2. The zero-order valence-electron chi connectivity index (χ0n) is 37.5. The smallest absolute Gasteiger partial charge is 0.218 e. The molecule has 12 N–H and O–H groups in total. The summed E-state index contributed by atoms with van der Waals surface area (Å²) in [7, 11) is 0. The van der Waals surface area contributed by atoms with Crippen LogP contribution >= 0.6 is 11.8 Å². The minimum absolute atomic E-state index is 0.0760. The third-order valence-corrected chi connectivity index (χ3v) is 13.4. The number of nitriles is 3. The van der Waals surface area contributed by atoms with Crippen LogP contribution in [0.15, 0.2) is 52.8 Å².